The van der Waals surface area contributed by atoms with Crippen LogP contribution in [-0.2, 0) is 12.5 Å². The summed E-state index contributed by atoms with van der Waals surface area (Å²) in [5, 5.41) is 5.77. The highest BCUT2D eigenvalue weighted by Gasteiger charge is 2.24. The van der Waals surface area contributed by atoms with Gasteiger partial charge in [0.2, 0.25) is 0 Å². The first-order valence-corrected chi connectivity index (χ1v) is 5.18. The predicted molar refractivity (Wildman–Crippen MR) is 62.8 cm³/mol. The van der Waals surface area contributed by atoms with Crippen molar-refractivity contribution in [1.82, 2.24) is 9.78 Å². The smallest absolute Gasteiger partial charge is 0.0771 e. The molecule has 2 N–H and O–H groups in total. The summed E-state index contributed by atoms with van der Waals surface area (Å²) < 4.78 is 1.92. The number of hydrogen-bond acceptors (Lipinski definition) is 2. The van der Waals surface area contributed by atoms with Crippen molar-refractivity contribution in [2.24, 2.45) is 12.8 Å². The second-order valence-electron chi connectivity index (χ2n) is 4.58. The maximum absolute atomic E-state index is 5.79. The van der Waals surface area contributed by atoms with E-state index in [9.17, 15) is 0 Å². The molecular weight excluding hydrogens is 186 g/mol. The van der Waals surface area contributed by atoms with E-state index in [2.05, 4.69) is 31.1 Å². The summed E-state index contributed by atoms with van der Waals surface area (Å²) >= 11 is 0. The van der Waals surface area contributed by atoms with Gasteiger partial charge in [-0.05, 0) is 6.07 Å². The van der Waals surface area contributed by atoms with Crippen LogP contribution in [0.4, 0.5) is 0 Å². The van der Waals surface area contributed by atoms with Gasteiger partial charge in [-0.15, -0.1) is 0 Å². The van der Waals surface area contributed by atoms with Gasteiger partial charge in [-0.1, -0.05) is 32.0 Å². The normalized spacial score (nSPS) is 12.3. The minimum Gasteiger partial charge on any atom is -0.330 e. The van der Waals surface area contributed by atoms with Crippen LogP contribution in [0, 0.1) is 0 Å². The standard InChI is InChI=1S/C12H17N3/c1-12(2,8-13)11-9-6-4-5-7-10(9)15(3)14-11/h4-7H,8,13H2,1-3H3. The average molecular weight is 203 g/mol. The van der Waals surface area contributed by atoms with Crippen molar-refractivity contribution in [3.05, 3.63) is 30.0 Å². The molecule has 1 aromatic heterocycles. The highest BCUT2D eigenvalue weighted by atomic mass is 15.3. The zero-order valence-electron chi connectivity index (χ0n) is 9.49. The van der Waals surface area contributed by atoms with Crippen LogP contribution in [0.25, 0.3) is 10.9 Å². The highest BCUT2D eigenvalue weighted by molar-refractivity contribution is 5.82. The largest absolute Gasteiger partial charge is 0.330 e. The Balaban J connectivity index is 2.72. The highest BCUT2D eigenvalue weighted by Crippen LogP contribution is 2.28. The number of benzene rings is 1. The maximum atomic E-state index is 5.79. The molecule has 2 aromatic rings. The Morgan fingerprint density at radius 3 is 2.67 bits per heavy atom. The third kappa shape index (κ3) is 1.53. The van der Waals surface area contributed by atoms with Gasteiger partial charge in [-0.2, -0.15) is 5.10 Å². The fraction of sp³-hybridized carbons (Fsp3) is 0.417. The van der Waals surface area contributed by atoms with Gasteiger partial charge in [0.05, 0.1) is 11.2 Å². The fourth-order valence-corrected chi connectivity index (χ4v) is 1.81. The first-order valence-electron chi connectivity index (χ1n) is 5.18. The van der Waals surface area contributed by atoms with Gasteiger partial charge in [0.25, 0.3) is 0 Å². The quantitative estimate of drug-likeness (QED) is 0.809. The number of hydrogen-bond donors (Lipinski definition) is 1. The van der Waals surface area contributed by atoms with E-state index >= 15 is 0 Å². The average Bonchev–Trinajstić information content (AvgIpc) is 2.58. The summed E-state index contributed by atoms with van der Waals surface area (Å²) in [5.74, 6) is 0. The molecule has 0 unspecified atom stereocenters. The van der Waals surface area contributed by atoms with Crippen LogP contribution >= 0.6 is 0 Å². The Morgan fingerprint density at radius 2 is 2.00 bits per heavy atom. The van der Waals surface area contributed by atoms with Gasteiger partial charge >= 0.3 is 0 Å². The number of para-hydroxylation sites is 1. The number of aromatic nitrogens is 2. The van der Waals surface area contributed by atoms with E-state index in [-0.39, 0.29) is 5.41 Å². The molecule has 0 saturated heterocycles. The van der Waals surface area contributed by atoms with Crippen LogP contribution < -0.4 is 5.73 Å². The second-order valence-corrected chi connectivity index (χ2v) is 4.58. The Bertz CT molecular complexity index is 483. The molecule has 2 rings (SSSR count). The number of rotatable bonds is 2. The summed E-state index contributed by atoms with van der Waals surface area (Å²) in [6.45, 7) is 4.86. The van der Waals surface area contributed by atoms with Crippen LogP contribution in [0.15, 0.2) is 24.3 Å². The zero-order chi connectivity index (χ0) is 11.1. The van der Waals surface area contributed by atoms with E-state index in [4.69, 9.17) is 5.73 Å². The molecule has 0 atom stereocenters. The molecule has 3 nitrogen and oxygen atoms in total. The van der Waals surface area contributed by atoms with Crippen molar-refractivity contribution in [2.75, 3.05) is 6.54 Å². The molecule has 0 radical (unpaired) electrons. The third-order valence-electron chi connectivity index (χ3n) is 2.91. The molecule has 80 valence electrons. The van der Waals surface area contributed by atoms with E-state index in [1.807, 2.05) is 23.9 Å². The van der Waals surface area contributed by atoms with Crippen molar-refractivity contribution in [3.8, 4) is 0 Å². The lowest BCUT2D eigenvalue weighted by molar-refractivity contribution is 0.515. The van der Waals surface area contributed by atoms with Gasteiger partial charge < -0.3 is 5.73 Å². The van der Waals surface area contributed by atoms with E-state index in [0.29, 0.717) is 6.54 Å². The third-order valence-corrected chi connectivity index (χ3v) is 2.91. The minimum absolute atomic E-state index is 0.0686. The molecule has 0 amide bonds. The van der Waals surface area contributed by atoms with Gasteiger partial charge in [-0.3, -0.25) is 4.68 Å². The molecule has 0 spiro atoms. The lowest BCUT2D eigenvalue weighted by atomic mass is 9.87. The van der Waals surface area contributed by atoms with E-state index in [1.54, 1.807) is 0 Å². The first kappa shape index (κ1) is 10.2. The predicted octanol–water partition coefficient (Wildman–Crippen LogP) is 1.81. The summed E-state index contributed by atoms with van der Waals surface area (Å²) in [7, 11) is 1.97. The maximum Gasteiger partial charge on any atom is 0.0771 e. The molecule has 0 saturated carbocycles. The van der Waals surface area contributed by atoms with Gasteiger partial charge in [0, 0.05) is 24.4 Å². The van der Waals surface area contributed by atoms with Crippen molar-refractivity contribution in [3.63, 3.8) is 0 Å². The summed E-state index contributed by atoms with van der Waals surface area (Å²) in [4.78, 5) is 0. The number of nitrogens with two attached hydrogens (primary N) is 1. The molecule has 0 aliphatic rings. The van der Waals surface area contributed by atoms with E-state index in [0.717, 1.165) is 11.2 Å². The second kappa shape index (κ2) is 3.35. The Labute approximate surface area is 89.9 Å². The van der Waals surface area contributed by atoms with Crippen LogP contribution in [0.2, 0.25) is 0 Å². The van der Waals surface area contributed by atoms with Gasteiger partial charge in [0.15, 0.2) is 0 Å². The zero-order valence-corrected chi connectivity index (χ0v) is 9.49. The van der Waals surface area contributed by atoms with Crippen molar-refractivity contribution in [1.29, 1.82) is 0 Å². The SMILES string of the molecule is Cn1nc(C(C)(C)CN)c2ccccc21. The lowest BCUT2D eigenvalue weighted by Crippen LogP contribution is -2.28. The van der Waals surface area contributed by atoms with Crippen molar-refractivity contribution >= 4 is 10.9 Å². The fourth-order valence-electron chi connectivity index (χ4n) is 1.81. The molecule has 0 bridgehead atoms. The molecular formula is C12H17N3. The Hall–Kier alpha value is -1.35. The van der Waals surface area contributed by atoms with Crippen LogP contribution in [-0.4, -0.2) is 16.3 Å². The summed E-state index contributed by atoms with van der Waals surface area (Å²) in [6.07, 6.45) is 0. The van der Waals surface area contributed by atoms with Crippen LogP contribution in [0.3, 0.4) is 0 Å². The lowest BCUT2D eigenvalue weighted by Gasteiger charge is -2.19. The molecule has 0 aliphatic carbocycles. The monoisotopic (exact) mass is 203 g/mol. The summed E-state index contributed by atoms with van der Waals surface area (Å²) in [5.41, 5.74) is 7.97. The van der Waals surface area contributed by atoms with E-state index in [1.165, 1.54) is 5.39 Å². The summed E-state index contributed by atoms with van der Waals surface area (Å²) in [6, 6.07) is 8.26. The Morgan fingerprint density at radius 1 is 1.33 bits per heavy atom. The Kier molecular flexibility index (Phi) is 2.27. The first-order chi connectivity index (χ1) is 7.06. The molecule has 0 aliphatic heterocycles. The number of aryl methyl sites for hydroxylation is 1. The number of nitrogens with zero attached hydrogens (tertiary/aromatic N) is 2. The van der Waals surface area contributed by atoms with Crippen LogP contribution in [0.5, 0.6) is 0 Å². The molecule has 15 heavy (non-hydrogen) atoms. The van der Waals surface area contributed by atoms with Gasteiger partial charge in [-0.25, -0.2) is 0 Å². The number of fused-ring (bicyclic) bond motifs is 1. The van der Waals surface area contributed by atoms with Gasteiger partial charge in [0.1, 0.15) is 0 Å². The molecule has 3 heteroatoms. The molecule has 0 fully saturated rings. The molecule has 1 aromatic carbocycles. The van der Waals surface area contributed by atoms with Crippen molar-refractivity contribution < 1.29 is 0 Å². The topological polar surface area (TPSA) is 43.8 Å². The van der Waals surface area contributed by atoms with E-state index < -0.39 is 0 Å². The minimum atomic E-state index is -0.0686. The molecule has 1 heterocycles. The van der Waals surface area contributed by atoms with Crippen LogP contribution in [0.1, 0.15) is 19.5 Å². The van der Waals surface area contributed by atoms with Crippen molar-refractivity contribution in [2.45, 2.75) is 19.3 Å².